The van der Waals surface area contributed by atoms with Gasteiger partial charge in [-0.05, 0) is 137 Å². The summed E-state index contributed by atoms with van der Waals surface area (Å²) >= 11 is 0. The van der Waals surface area contributed by atoms with Crippen molar-refractivity contribution in [3.8, 4) is 44.5 Å². The normalized spacial score (nSPS) is 12.5. The summed E-state index contributed by atoms with van der Waals surface area (Å²) in [6.45, 7) is 0. The summed E-state index contributed by atoms with van der Waals surface area (Å²) in [5.41, 5.74) is 17.8. The number of hydrogen-bond donors (Lipinski definition) is 0. The van der Waals surface area contributed by atoms with Gasteiger partial charge in [0, 0.05) is 17.1 Å². The molecule has 12 rings (SSSR count). The van der Waals surface area contributed by atoms with Crippen molar-refractivity contribution in [2.24, 2.45) is 0 Å². The van der Waals surface area contributed by atoms with Crippen LogP contribution in [0.25, 0.3) is 66.1 Å². The van der Waals surface area contributed by atoms with Gasteiger partial charge < -0.3 is 4.90 Å². The first kappa shape index (κ1) is 37.5. The molecule has 0 atom stereocenters. The van der Waals surface area contributed by atoms with E-state index in [4.69, 9.17) is 0 Å². The average molecular weight is 814 g/mol. The molecule has 0 heterocycles. The van der Waals surface area contributed by atoms with Crippen molar-refractivity contribution in [3.63, 3.8) is 0 Å². The SMILES string of the molecule is c1ccc(-c2ccc3ccc(-c4ccc(N(c5ccc(-c6cccc7ccccc67)cc5)c5ccc6c(c5)-c5ccccc5C6(c5ccccc5)c5ccccc5)cc4)cc3c2)cc1. The van der Waals surface area contributed by atoms with Crippen molar-refractivity contribution in [3.05, 3.63) is 283 Å². The quantitative estimate of drug-likeness (QED) is 0.148. The Labute approximate surface area is 374 Å². The molecule has 0 spiro atoms. The molecule has 11 aromatic rings. The predicted molar refractivity (Wildman–Crippen MR) is 270 cm³/mol. The Kier molecular flexibility index (Phi) is 9.13. The second-order valence-electron chi connectivity index (χ2n) is 16.9. The topological polar surface area (TPSA) is 3.24 Å². The summed E-state index contributed by atoms with van der Waals surface area (Å²) < 4.78 is 0. The highest BCUT2D eigenvalue weighted by molar-refractivity contribution is 5.97. The minimum absolute atomic E-state index is 0.457. The highest BCUT2D eigenvalue weighted by Crippen LogP contribution is 2.57. The highest BCUT2D eigenvalue weighted by Gasteiger charge is 2.46. The summed E-state index contributed by atoms with van der Waals surface area (Å²) in [7, 11) is 0. The molecule has 0 saturated carbocycles. The van der Waals surface area contributed by atoms with Crippen LogP contribution in [0.5, 0.6) is 0 Å². The minimum Gasteiger partial charge on any atom is -0.310 e. The molecule has 64 heavy (non-hydrogen) atoms. The Balaban J connectivity index is 0.995. The van der Waals surface area contributed by atoms with Gasteiger partial charge in [0.05, 0.1) is 5.41 Å². The Morgan fingerprint density at radius 2 is 0.734 bits per heavy atom. The van der Waals surface area contributed by atoms with Gasteiger partial charge in [-0.3, -0.25) is 0 Å². The van der Waals surface area contributed by atoms with Crippen molar-refractivity contribution in [2.75, 3.05) is 4.90 Å². The molecule has 1 aliphatic rings. The van der Waals surface area contributed by atoms with Crippen LogP contribution in [0, 0.1) is 0 Å². The fourth-order valence-corrected chi connectivity index (χ4v) is 10.3. The molecule has 11 aromatic carbocycles. The molecule has 0 aromatic heterocycles. The van der Waals surface area contributed by atoms with Crippen LogP contribution in [0.4, 0.5) is 17.1 Å². The third-order valence-electron chi connectivity index (χ3n) is 13.3. The van der Waals surface area contributed by atoms with Crippen LogP contribution in [0.3, 0.4) is 0 Å². The molecule has 1 nitrogen and oxygen atoms in total. The second kappa shape index (κ2) is 15.6. The third-order valence-corrected chi connectivity index (χ3v) is 13.3. The van der Waals surface area contributed by atoms with E-state index in [0.717, 1.165) is 17.1 Å². The van der Waals surface area contributed by atoms with E-state index in [2.05, 4.69) is 266 Å². The van der Waals surface area contributed by atoms with Gasteiger partial charge in [-0.2, -0.15) is 0 Å². The molecule has 0 radical (unpaired) electrons. The maximum atomic E-state index is 2.42. The van der Waals surface area contributed by atoms with Crippen LogP contribution in [-0.4, -0.2) is 0 Å². The molecular weight excluding hydrogens is 771 g/mol. The Morgan fingerprint density at radius 3 is 1.41 bits per heavy atom. The Bertz CT molecular complexity index is 3420. The molecule has 1 heteroatoms. The maximum Gasteiger partial charge on any atom is 0.0713 e. The molecule has 0 fully saturated rings. The molecular formula is C63H43N. The first-order valence-corrected chi connectivity index (χ1v) is 22.2. The first-order chi connectivity index (χ1) is 31.7. The zero-order chi connectivity index (χ0) is 42.5. The average Bonchev–Trinajstić information content (AvgIpc) is 3.67. The fourth-order valence-electron chi connectivity index (χ4n) is 10.3. The molecule has 0 N–H and O–H groups in total. The van der Waals surface area contributed by atoms with Gasteiger partial charge in [-0.1, -0.05) is 212 Å². The second-order valence-corrected chi connectivity index (χ2v) is 16.9. The van der Waals surface area contributed by atoms with Crippen LogP contribution in [0.2, 0.25) is 0 Å². The molecule has 0 aliphatic heterocycles. The molecule has 0 amide bonds. The molecule has 1 aliphatic carbocycles. The first-order valence-electron chi connectivity index (χ1n) is 22.2. The van der Waals surface area contributed by atoms with Gasteiger partial charge >= 0.3 is 0 Å². The van der Waals surface area contributed by atoms with Gasteiger partial charge in [0.15, 0.2) is 0 Å². The van der Waals surface area contributed by atoms with Crippen molar-refractivity contribution >= 4 is 38.6 Å². The lowest BCUT2D eigenvalue weighted by Gasteiger charge is -2.34. The van der Waals surface area contributed by atoms with Crippen LogP contribution in [0.15, 0.2) is 261 Å². The van der Waals surface area contributed by atoms with Crippen molar-refractivity contribution < 1.29 is 0 Å². The smallest absolute Gasteiger partial charge is 0.0713 e. The number of anilines is 3. The van der Waals surface area contributed by atoms with Gasteiger partial charge in [-0.15, -0.1) is 0 Å². The van der Waals surface area contributed by atoms with E-state index < -0.39 is 5.41 Å². The van der Waals surface area contributed by atoms with E-state index in [1.54, 1.807) is 0 Å². The lowest BCUT2D eigenvalue weighted by molar-refractivity contribution is 0.768. The van der Waals surface area contributed by atoms with Crippen LogP contribution >= 0.6 is 0 Å². The van der Waals surface area contributed by atoms with E-state index >= 15 is 0 Å². The Morgan fingerprint density at radius 1 is 0.250 bits per heavy atom. The summed E-state index contributed by atoms with van der Waals surface area (Å²) in [5, 5.41) is 4.97. The van der Waals surface area contributed by atoms with E-state index in [0.29, 0.717) is 0 Å². The summed E-state index contributed by atoms with van der Waals surface area (Å²) in [6.07, 6.45) is 0. The summed E-state index contributed by atoms with van der Waals surface area (Å²) in [5.74, 6) is 0. The Hall–Kier alpha value is -8.26. The zero-order valence-electron chi connectivity index (χ0n) is 35.3. The summed E-state index contributed by atoms with van der Waals surface area (Å²) in [6, 6.07) is 95.8. The predicted octanol–water partition coefficient (Wildman–Crippen LogP) is 16.8. The lowest BCUT2D eigenvalue weighted by atomic mass is 9.68. The van der Waals surface area contributed by atoms with Crippen LogP contribution < -0.4 is 4.90 Å². The highest BCUT2D eigenvalue weighted by atomic mass is 15.1. The molecule has 0 saturated heterocycles. The minimum atomic E-state index is -0.457. The number of benzene rings is 11. The standard InChI is InChI=1S/C63H43N/c1-4-15-44(16-5-1)49-29-27-46-28-30-50(42-51(46)41-49)45-31-35-54(36-32-45)64(55-37-33-48(34-38-55)58-25-14-18-47-17-10-11-23-57(47)58)56-39-40-62-60(43-56)59-24-12-13-26-61(59)63(62,52-19-6-2-7-20-52)53-21-8-3-9-22-53/h1-43H. The number of rotatable bonds is 8. The number of fused-ring (bicyclic) bond motifs is 5. The van der Waals surface area contributed by atoms with Gasteiger partial charge in [0.2, 0.25) is 0 Å². The lowest BCUT2D eigenvalue weighted by Crippen LogP contribution is -2.28. The van der Waals surface area contributed by atoms with E-state index in [-0.39, 0.29) is 0 Å². The van der Waals surface area contributed by atoms with Crippen molar-refractivity contribution in [2.45, 2.75) is 5.41 Å². The van der Waals surface area contributed by atoms with E-state index in [1.165, 1.54) is 88.3 Å². The van der Waals surface area contributed by atoms with E-state index in [9.17, 15) is 0 Å². The van der Waals surface area contributed by atoms with Gasteiger partial charge in [-0.25, -0.2) is 0 Å². The largest absolute Gasteiger partial charge is 0.310 e. The molecule has 0 unspecified atom stereocenters. The van der Waals surface area contributed by atoms with Crippen molar-refractivity contribution in [1.82, 2.24) is 0 Å². The summed E-state index contributed by atoms with van der Waals surface area (Å²) in [4.78, 5) is 2.41. The van der Waals surface area contributed by atoms with Gasteiger partial charge in [0.25, 0.3) is 0 Å². The zero-order valence-corrected chi connectivity index (χ0v) is 35.3. The van der Waals surface area contributed by atoms with Crippen LogP contribution in [-0.2, 0) is 5.41 Å². The monoisotopic (exact) mass is 813 g/mol. The van der Waals surface area contributed by atoms with Crippen molar-refractivity contribution in [1.29, 1.82) is 0 Å². The third kappa shape index (κ3) is 6.24. The maximum absolute atomic E-state index is 2.42. The molecule has 300 valence electrons. The van der Waals surface area contributed by atoms with Gasteiger partial charge in [0.1, 0.15) is 0 Å². The van der Waals surface area contributed by atoms with Crippen LogP contribution in [0.1, 0.15) is 22.3 Å². The number of hydrogen-bond acceptors (Lipinski definition) is 1. The number of nitrogens with zero attached hydrogens (tertiary/aromatic N) is 1. The van der Waals surface area contributed by atoms with E-state index in [1.807, 2.05) is 0 Å². The fraction of sp³-hybridized carbons (Fsp3) is 0.0159. The molecule has 0 bridgehead atoms.